The van der Waals surface area contributed by atoms with Crippen molar-refractivity contribution in [2.75, 3.05) is 30.5 Å². The van der Waals surface area contributed by atoms with Crippen molar-refractivity contribution in [1.29, 1.82) is 0 Å². The SMILES string of the molecule is CO[C@H](COS(=O)(=O)NC(=O)c1ccccc1N)[C@@H](O)[C@@H](O)n1cnc2c(N)nc(Nc3ccccc3)nc21. The number of methoxy groups -OCH3 is 1. The average molecular weight is 559 g/mol. The molecule has 0 saturated carbocycles. The number of rotatable bonds is 11. The Morgan fingerprint density at radius 1 is 1.08 bits per heavy atom. The Morgan fingerprint density at radius 3 is 2.46 bits per heavy atom. The lowest BCUT2D eigenvalue weighted by molar-refractivity contribution is -0.112. The van der Waals surface area contributed by atoms with Gasteiger partial charge in [-0.25, -0.2) is 9.71 Å². The Morgan fingerprint density at radius 2 is 1.77 bits per heavy atom. The maximum Gasteiger partial charge on any atom is 0.362 e. The van der Waals surface area contributed by atoms with Crippen molar-refractivity contribution in [2.24, 2.45) is 0 Å². The van der Waals surface area contributed by atoms with Crippen LogP contribution in [0, 0.1) is 0 Å². The molecule has 0 aliphatic heterocycles. The van der Waals surface area contributed by atoms with E-state index in [9.17, 15) is 23.4 Å². The Hall–Kier alpha value is -4.35. The van der Waals surface area contributed by atoms with Gasteiger partial charge in [0, 0.05) is 18.5 Å². The van der Waals surface area contributed by atoms with Crippen LogP contribution in [0.1, 0.15) is 16.6 Å². The maximum absolute atomic E-state index is 12.3. The fourth-order valence-electron chi connectivity index (χ4n) is 3.56. The van der Waals surface area contributed by atoms with E-state index in [1.165, 1.54) is 31.6 Å². The summed E-state index contributed by atoms with van der Waals surface area (Å²) in [5, 5.41) is 24.7. The number of aliphatic hydroxyl groups is 2. The number of amides is 1. The quantitative estimate of drug-likeness (QED) is 0.136. The zero-order valence-corrected chi connectivity index (χ0v) is 21.3. The van der Waals surface area contributed by atoms with Gasteiger partial charge in [0.05, 0.1) is 18.5 Å². The molecule has 0 saturated heterocycles. The molecule has 2 aromatic carbocycles. The minimum atomic E-state index is -4.63. The van der Waals surface area contributed by atoms with Crippen LogP contribution in [0.15, 0.2) is 60.9 Å². The molecule has 1 amide bonds. The van der Waals surface area contributed by atoms with E-state index in [0.29, 0.717) is 5.69 Å². The number of imidazole rings is 1. The number of fused-ring (bicyclic) bond motifs is 1. The van der Waals surface area contributed by atoms with Crippen molar-refractivity contribution >= 4 is 50.5 Å². The van der Waals surface area contributed by atoms with Gasteiger partial charge in [0.2, 0.25) is 5.95 Å². The normalized spacial score (nSPS) is 14.0. The third-order valence-corrected chi connectivity index (χ3v) is 6.44. The lowest BCUT2D eigenvalue weighted by Crippen LogP contribution is -2.41. The number of nitrogens with one attached hydrogen (secondary N) is 2. The molecule has 4 rings (SSSR count). The highest BCUT2D eigenvalue weighted by Crippen LogP contribution is 2.25. The summed E-state index contributed by atoms with van der Waals surface area (Å²) in [4.78, 5) is 24.9. The number of nitrogen functional groups attached to an aromatic ring is 2. The van der Waals surface area contributed by atoms with Gasteiger partial charge in [-0.2, -0.15) is 18.4 Å². The van der Waals surface area contributed by atoms with Crippen LogP contribution in [0.3, 0.4) is 0 Å². The fourth-order valence-corrected chi connectivity index (χ4v) is 4.27. The zero-order valence-electron chi connectivity index (χ0n) is 20.5. The van der Waals surface area contributed by atoms with E-state index in [1.54, 1.807) is 22.9 Å². The predicted molar refractivity (Wildman–Crippen MR) is 141 cm³/mol. The number of nitrogens with two attached hydrogens (primary N) is 2. The summed E-state index contributed by atoms with van der Waals surface area (Å²) >= 11 is 0. The van der Waals surface area contributed by atoms with Crippen LogP contribution in [0.2, 0.25) is 0 Å². The van der Waals surface area contributed by atoms with Crippen molar-refractivity contribution in [3.05, 3.63) is 66.5 Å². The van der Waals surface area contributed by atoms with E-state index in [4.69, 9.17) is 20.4 Å². The third kappa shape index (κ3) is 6.39. The molecule has 0 aliphatic rings. The molecule has 0 spiro atoms. The molecular weight excluding hydrogens is 532 g/mol. The van der Waals surface area contributed by atoms with E-state index in [0.717, 1.165) is 4.57 Å². The summed E-state index contributed by atoms with van der Waals surface area (Å²) in [6.45, 7) is -0.758. The van der Waals surface area contributed by atoms with Gasteiger partial charge in [0.25, 0.3) is 5.91 Å². The van der Waals surface area contributed by atoms with Crippen LogP contribution < -0.4 is 21.5 Å². The van der Waals surface area contributed by atoms with Gasteiger partial charge in [0.15, 0.2) is 17.7 Å². The minimum Gasteiger partial charge on any atom is -0.398 e. The number of para-hydroxylation sites is 2. The molecule has 0 fully saturated rings. The standard InChI is InChI=1S/C23H26N8O7S/c1-37-16(11-38-39(35,36)30-21(33)14-9-5-6-10-15(14)24)18(32)22(34)31-12-26-17-19(25)28-23(29-20(17)31)27-13-7-3-2-4-8-13/h2-10,12,16,18,22,32,34H,11,24H2,1H3,(H,30,33)(H3,25,27,28,29)/t16-,18-,22-/m1/s1. The molecule has 0 unspecified atom stereocenters. The Bertz CT molecular complexity index is 1570. The fraction of sp³-hybridized carbons (Fsp3) is 0.217. The van der Waals surface area contributed by atoms with Crippen LogP contribution in [0.5, 0.6) is 0 Å². The van der Waals surface area contributed by atoms with Crippen LogP contribution >= 0.6 is 0 Å². The summed E-state index contributed by atoms with van der Waals surface area (Å²) in [6, 6.07) is 14.9. The summed E-state index contributed by atoms with van der Waals surface area (Å²) < 4.78 is 37.4. The van der Waals surface area contributed by atoms with Crippen LogP contribution in [-0.2, 0) is 19.2 Å². The van der Waals surface area contributed by atoms with Gasteiger partial charge in [-0.05, 0) is 24.3 Å². The number of anilines is 4. The van der Waals surface area contributed by atoms with Crippen LogP contribution in [-0.4, -0.2) is 70.0 Å². The first-order chi connectivity index (χ1) is 18.6. The molecule has 2 heterocycles. The molecule has 15 nitrogen and oxygen atoms in total. The lowest BCUT2D eigenvalue weighted by Gasteiger charge is -2.26. The summed E-state index contributed by atoms with van der Waals surface area (Å²) in [7, 11) is -3.46. The second-order valence-corrected chi connectivity index (χ2v) is 9.53. The highest BCUT2D eigenvalue weighted by Gasteiger charge is 2.32. The van der Waals surface area contributed by atoms with Crippen molar-refractivity contribution in [2.45, 2.75) is 18.4 Å². The highest BCUT2D eigenvalue weighted by molar-refractivity contribution is 7.85. The summed E-state index contributed by atoms with van der Waals surface area (Å²) in [6.07, 6.45) is -3.63. The number of benzene rings is 2. The zero-order chi connectivity index (χ0) is 28.2. The maximum atomic E-state index is 12.3. The number of nitrogens with zero attached hydrogens (tertiary/aromatic N) is 4. The second kappa shape index (κ2) is 11.6. The summed E-state index contributed by atoms with van der Waals surface area (Å²) in [5.41, 5.74) is 12.6. The first-order valence-corrected chi connectivity index (χ1v) is 12.8. The van der Waals surface area contributed by atoms with E-state index >= 15 is 0 Å². The lowest BCUT2D eigenvalue weighted by atomic mass is 10.2. The highest BCUT2D eigenvalue weighted by atomic mass is 32.2. The predicted octanol–water partition coefficient (Wildman–Crippen LogP) is 0.293. The van der Waals surface area contributed by atoms with E-state index in [2.05, 4.69) is 20.3 Å². The van der Waals surface area contributed by atoms with Crippen molar-refractivity contribution in [3.63, 3.8) is 0 Å². The first-order valence-electron chi connectivity index (χ1n) is 11.4. The van der Waals surface area contributed by atoms with Crippen molar-refractivity contribution in [1.82, 2.24) is 24.2 Å². The minimum absolute atomic E-state index is 0.0198. The summed E-state index contributed by atoms with van der Waals surface area (Å²) in [5.74, 6) is -0.877. The molecule has 0 aliphatic carbocycles. The third-order valence-electron chi connectivity index (χ3n) is 5.56. The molecular formula is C23H26N8O7S. The molecule has 8 N–H and O–H groups in total. The van der Waals surface area contributed by atoms with Gasteiger partial charge in [-0.15, -0.1) is 0 Å². The Balaban J connectivity index is 1.47. The second-order valence-electron chi connectivity index (χ2n) is 8.18. The topological polar surface area (TPSA) is 230 Å². The average Bonchev–Trinajstić information content (AvgIpc) is 3.33. The molecule has 2 aromatic heterocycles. The molecule has 206 valence electrons. The van der Waals surface area contributed by atoms with E-state index < -0.39 is 41.3 Å². The van der Waals surface area contributed by atoms with Gasteiger partial charge in [0.1, 0.15) is 17.7 Å². The molecule has 0 bridgehead atoms. The molecule has 3 atom stereocenters. The number of aliphatic hydroxyl groups excluding tert-OH is 2. The largest absolute Gasteiger partial charge is 0.398 e. The van der Waals surface area contributed by atoms with Gasteiger partial charge in [-0.1, -0.05) is 30.3 Å². The number of carbonyl (C=O) groups excluding carboxylic acids is 1. The van der Waals surface area contributed by atoms with Crippen molar-refractivity contribution in [3.8, 4) is 0 Å². The number of aromatic nitrogens is 4. The van der Waals surface area contributed by atoms with Crippen LogP contribution in [0.4, 0.5) is 23.1 Å². The van der Waals surface area contributed by atoms with Crippen LogP contribution in [0.25, 0.3) is 11.2 Å². The molecule has 0 radical (unpaired) electrons. The van der Waals surface area contributed by atoms with Gasteiger partial charge in [-0.3, -0.25) is 13.5 Å². The van der Waals surface area contributed by atoms with Gasteiger partial charge < -0.3 is 31.7 Å². The monoisotopic (exact) mass is 558 g/mol. The molecule has 39 heavy (non-hydrogen) atoms. The Kier molecular flexibility index (Phi) is 8.22. The van der Waals surface area contributed by atoms with E-state index in [-0.39, 0.29) is 34.2 Å². The number of carbonyl (C=O) groups is 1. The smallest absolute Gasteiger partial charge is 0.362 e. The Labute approximate surface area is 222 Å². The number of ether oxygens (including phenoxy) is 1. The molecule has 4 aromatic rings. The first kappa shape index (κ1) is 27.7. The van der Waals surface area contributed by atoms with Gasteiger partial charge >= 0.3 is 10.3 Å². The van der Waals surface area contributed by atoms with E-state index in [1.807, 2.05) is 18.2 Å². The molecule has 16 heteroatoms. The number of hydrogen-bond donors (Lipinski definition) is 6. The van der Waals surface area contributed by atoms with Crippen molar-refractivity contribution < 1.29 is 32.3 Å². The number of hydrogen-bond acceptors (Lipinski definition) is 13.